The second-order valence-corrected chi connectivity index (χ2v) is 8.02. The molecule has 2 atom stereocenters. The highest BCUT2D eigenvalue weighted by Crippen LogP contribution is 2.45. The van der Waals surface area contributed by atoms with Crippen molar-refractivity contribution in [1.29, 1.82) is 0 Å². The van der Waals surface area contributed by atoms with Crippen LogP contribution in [-0.4, -0.2) is 38.4 Å². The number of hydrogen-bond acceptors (Lipinski definition) is 6. The van der Waals surface area contributed by atoms with Crippen molar-refractivity contribution in [3.63, 3.8) is 0 Å². The van der Waals surface area contributed by atoms with Crippen LogP contribution >= 0.6 is 0 Å². The third-order valence-electron chi connectivity index (χ3n) is 6.00. The lowest BCUT2D eigenvalue weighted by molar-refractivity contribution is -0.173. The molecule has 12 heteroatoms. The molecule has 2 N–H and O–H groups in total. The molecule has 1 aromatic carbocycles. The Labute approximate surface area is 186 Å². The summed E-state index contributed by atoms with van der Waals surface area (Å²) in [5, 5.41) is 13.9. The van der Waals surface area contributed by atoms with Crippen molar-refractivity contribution in [3.8, 4) is 11.5 Å². The molecule has 0 radical (unpaired) electrons. The van der Waals surface area contributed by atoms with E-state index in [4.69, 9.17) is 9.47 Å². The van der Waals surface area contributed by atoms with Crippen LogP contribution < -0.4 is 20.1 Å². The summed E-state index contributed by atoms with van der Waals surface area (Å²) >= 11 is 0. The minimum atomic E-state index is -4.54. The highest BCUT2D eigenvalue weighted by Gasteiger charge is 2.47. The molecule has 2 aliphatic heterocycles. The van der Waals surface area contributed by atoms with Gasteiger partial charge in [-0.05, 0) is 24.6 Å². The molecule has 3 aromatic rings. The molecular formula is C21H21F3N6O3. The third kappa shape index (κ3) is 3.85. The van der Waals surface area contributed by atoms with Gasteiger partial charge in [0.2, 0.25) is 6.79 Å². The molecule has 0 fully saturated rings. The van der Waals surface area contributed by atoms with E-state index in [0.29, 0.717) is 17.1 Å². The molecule has 33 heavy (non-hydrogen) atoms. The summed E-state index contributed by atoms with van der Waals surface area (Å²) in [7, 11) is 1.78. The van der Waals surface area contributed by atoms with Gasteiger partial charge in [0.1, 0.15) is 5.82 Å². The molecule has 174 valence electrons. The number of benzene rings is 1. The predicted octanol–water partition coefficient (Wildman–Crippen LogP) is 3.24. The van der Waals surface area contributed by atoms with Gasteiger partial charge < -0.3 is 20.1 Å². The second-order valence-electron chi connectivity index (χ2n) is 8.02. The van der Waals surface area contributed by atoms with Gasteiger partial charge in [0.25, 0.3) is 5.91 Å². The number of carbonyl (C=O) groups excluding carboxylic acids is 1. The Morgan fingerprint density at radius 3 is 2.79 bits per heavy atom. The minimum Gasteiger partial charge on any atom is -0.454 e. The van der Waals surface area contributed by atoms with E-state index in [-0.39, 0.29) is 31.3 Å². The number of hydrogen-bond donors (Lipinski definition) is 2. The molecule has 0 bridgehead atoms. The number of rotatable bonds is 4. The topological polar surface area (TPSA) is 95.2 Å². The fourth-order valence-corrected chi connectivity index (χ4v) is 4.02. The number of halogens is 3. The van der Waals surface area contributed by atoms with Crippen molar-refractivity contribution in [2.45, 2.75) is 38.1 Å². The molecule has 1 amide bonds. The number of amides is 1. The van der Waals surface area contributed by atoms with Gasteiger partial charge in [-0.2, -0.15) is 23.4 Å². The van der Waals surface area contributed by atoms with Crippen molar-refractivity contribution >= 4 is 11.7 Å². The predicted molar refractivity (Wildman–Crippen MR) is 110 cm³/mol. The standard InChI is InChI=1S/C21H21F3N6O3/c1-11-13(9-26-29(11)2)8-25-20(31)15-7-19-27-14(6-18(21(22,23)24)30(19)28-15)12-3-4-16-17(5-12)33-10-32-16/h3-5,7,9,14,18,27H,6,8,10H2,1-2H3,(H,25,31)/t14-,18-/m1/s1. The smallest absolute Gasteiger partial charge is 0.410 e. The molecule has 2 aliphatic rings. The molecule has 0 saturated heterocycles. The van der Waals surface area contributed by atoms with Gasteiger partial charge in [0, 0.05) is 37.3 Å². The average Bonchev–Trinajstić information content (AvgIpc) is 3.49. The maximum Gasteiger partial charge on any atom is 0.410 e. The van der Waals surface area contributed by atoms with Crippen LogP contribution in [0.15, 0.2) is 30.5 Å². The number of nitrogens with one attached hydrogen (secondary N) is 2. The molecule has 0 unspecified atom stereocenters. The van der Waals surface area contributed by atoms with Gasteiger partial charge in [-0.3, -0.25) is 9.48 Å². The van der Waals surface area contributed by atoms with Crippen LogP contribution in [0.4, 0.5) is 19.0 Å². The van der Waals surface area contributed by atoms with Crippen LogP contribution in [0.3, 0.4) is 0 Å². The highest BCUT2D eigenvalue weighted by atomic mass is 19.4. The Hall–Kier alpha value is -3.70. The van der Waals surface area contributed by atoms with Gasteiger partial charge in [-0.25, -0.2) is 4.68 Å². The lowest BCUT2D eigenvalue weighted by Gasteiger charge is -2.33. The molecule has 9 nitrogen and oxygen atoms in total. The van der Waals surface area contributed by atoms with Crippen LogP contribution in [0.1, 0.15) is 45.8 Å². The summed E-state index contributed by atoms with van der Waals surface area (Å²) in [6, 6.07) is 3.85. The first-order chi connectivity index (χ1) is 15.7. The number of carbonyl (C=O) groups is 1. The van der Waals surface area contributed by atoms with E-state index in [0.717, 1.165) is 15.9 Å². The van der Waals surface area contributed by atoms with Crippen molar-refractivity contribution < 1.29 is 27.4 Å². The zero-order chi connectivity index (χ0) is 23.3. The summed E-state index contributed by atoms with van der Waals surface area (Å²) in [6.07, 6.45) is -3.20. The number of fused-ring (bicyclic) bond motifs is 2. The maximum absolute atomic E-state index is 13.9. The van der Waals surface area contributed by atoms with Gasteiger partial charge in [-0.15, -0.1) is 0 Å². The molecule has 2 aromatic heterocycles. The lowest BCUT2D eigenvalue weighted by Crippen LogP contribution is -2.35. The van der Waals surface area contributed by atoms with Gasteiger partial charge in [0.05, 0.1) is 12.2 Å². The van der Waals surface area contributed by atoms with Gasteiger partial charge in [0.15, 0.2) is 23.2 Å². The number of aromatic nitrogens is 4. The SMILES string of the molecule is Cc1c(CNC(=O)c2cc3n(n2)[C@@H](C(F)(F)F)C[C@H](c2ccc4c(c2)OCO4)N3)cnn1C. The summed E-state index contributed by atoms with van der Waals surface area (Å²) in [5.41, 5.74) is 2.22. The van der Waals surface area contributed by atoms with Crippen LogP contribution in [-0.2, 0) is 13.6 Å². The highest BCUT2D eigenvalue weighted by molar-refractivity contribution is 5.93. The van der Waals surface area contributed by atoms with Crippen molar-refractivity contribution in [2.24, 2.45) is 7.05 Å². The van der Waals surface area contributed by atoms with Crippen LogP contribution in [0.25, 0.3) is 0 Å². The normalized spacial score (nSPS) is 19.2. The number of anilines is 1. The molecular weight excluding hydrogens is 441 g/mol. The Kier molecular flexibility index (Phi) is 4.94. The second kappa shape index (κ2) is 7.71. The first-order valence-electron chi connectivity index (χ1n) is 10.3. The molecule has 5 rings (SSSR count). The number of alkyl halides is 3. The first-order valence-corrected chi connectivity index (χ1v) is 10.3. The largest absolute Gasteiger partial charge is 0.454 e. The van der Waals surface area contributed by atoms with Crippen LogP contribution in [0, 0.1) is 6.92 Å². The van der Waals surface area contributed by atoms with Crippen molar-refractivity contribution in [3.05, 3.63) is 53.0 Å². The fourth-order valence-electron chi connectivity index (χ4n) is 4.02. The van der Waals surface area contributed by atoms with Crippen LogP contribution in [0.5, 0.6) is 11.5 Å². The first kappa shape index (κ1) is 21.2. The average molecular weight is 462 g/mol. The van der Waals surface area contributed by atoms with E-state index in [9.17, 15) is 18.0 Å². The molecule has 0 saturated carbocycles. The maximum atomic E-state index is 13.9. The zero-order valence-electron chi connectivity index (χ0n) is 17.8. The summed E-state index contributed by atoms with van der Waals surface area (Å²) in [4.78, 5) is 12.6. The fraction of sp³-hybridized carbons (Fsp3) is 0.381. The van der Waals surface area contributed by atoms with E-state index >= 15 is 0 Å². The van der Waals surface area contributed by atoms with E-state index in [1.165, 1.54) is 6.07 Å². The van der Waals surface area contributed by atoms with Crippen LogP contribution in [0.2, 0.25) is 0 Å². The van der Waals surface area contributed by atoms with E-state index < -0.39 is 24.2 Å². The number of ether oxygens (including phenoxy) is 2. The summed E-state index contributed by atoms with van der Waals surface area (Å²) in [5.74, 6) is 0.592. The van der Waals surface area contributed by atoms with Crippen molar-refractivity contribution in [1.82, 2.24) is 24.9 Å². The third-order valence-corrected chi connectivity index (χ3v) is 6.00. The minimum absolute atomic E-state index is 0.0753. The summed E-state index contributed by atoms with van der Waals surface area (Å²) in [6.45, 7) is 2.13. The Morgan fingerprint density at radius 1 is 1.27 bits per heavy atom. The van der Waals surface area contributed by atoms with E-state index in [1.54, 1.807) is 36.1 Å². The zero-order valence-corrected chi connectivity index (χ0v) is 17.8. The Bertz CT molecular complexity index is 1220. The van der Waals surface area contributed by atoms with E-state index in [2.05, 4.69) is 20.8 Å². The van der Waals surface area contributed by atoms with Crippen molar-refractivity contribution in [2.75, 3.05) is 12.1 Å². The Morgan fingerprint density at radius 2 is 2.06 bits per heavy atom. The van der Waals surface area contributed by atoms with E-state index in [1.807, 2.05) is 6.92 Å². The monoisotopic (exact) mass is 462 g/mol. The molecule has 0 aliphatic carbocycles. The number of nitrogens with zero attached hydrogens (tertiary/aromatic N) is 4. The summed E-state index contributed by atoms with van der Waals surface area (Å²) < 4.78 is 54.9. The quantitative estimate of drug-likeness (QED) is 0.618. The number of aryl methyl sites for hydroxylation is 1. The van der Waals surface area contributed by atoms with Gasteiger partial charge >= 0.3 is 6.18 Å². The Balaban J connectivity index is 1.39. The molecule has 0 spiro atoms. The lowest BCUT2D eigenvalue weighted by atomic mass is 9.96. The van der Waals surface area contributed by atoms with Gasteiger partial charge in [-0.1, -0.05) is 6.07 Å². The molecule has 4 heterocycles.